The molecule has 36 heavy (non-hydrogen) atoms. The first-order valence-corrected chi connectivity index (χ1v) is 12.6. The minimum atomic E-state index is -0.691. The van der Waals surface area contributed by atoms with Gasteiger partial charge in [-0.15, -0.1) is 0 Å². The van der Waals surface area contributed by atoms with Crippen molar-refractivity contribution in [3.63, 3.8) is 0 Å². The molecule has 10 nitrogen and oxygen atoms in total. The van der Waals surface area contributed by atoms with E-state index in [1.165, 1.54) is 7.11 Å². The highest BCUT2D eigenvalue weighted by atomic mass is 16.5. The minimum Gasteiger partial charge on any atom is -0.461 e. The Morgan fingerprint density at radius 2 is 1.92 bits per heavy atom. The van der Waals surface area contributed by atoms with Gasteiger partial charge in [0.1, 0.15) is 17.4 Å². The van der Waals surface area contributed by atoms with Gasteiger partial charge in [-0.2, -0.15) is 0 Å². The molecule has 3 amide bonds. The smallest absolute Gasteiger partial charge is 0.247 e. The number of fused-ring (bicyclic) bond motifs is 1. The second-order valence-electron chi connectivity index (χ2n) is 9.36. The maximum Gasteiger partial charge on any atom is 0.247 e. The van der Waals surface area contributed by atoms with Crippen molar-refractivity contribution in [3.8, 4) is 0 Å². The number of nitrogens with one attached hydrogen (secondary N) is 2. The van der Waals surface area contributed by atoms with Gasteiger partial charge < -0.3 is 24.3 Å². The third kappa shape index (κ3) is 6.63. The molecule has 0 bridgehead atoms. The van der Waals surface area contributed by atoms with Crippen molar-refractivity contribution in [3.05, 3.63) is 30.0 Å². The van der Waals surface area contributed by atoms with E-state index in [1.807, 2.05) is 36.1 Å². The van der Waals surface area contributed by atoms with Crippen molar-refractivity contribution in [1.29, 1.82) is 0 Å². The first kappa shape index (κ1) is 25.7. The van der Waals surface area contributed by atoms with Gasteiger partial charge in [0.05, 0.1) is 19.6 Å². The summed E-state index contributed by atoms with van der Waals surface area (Å²) in [5.41, 5.74) is 1.47. The number of carbonyl (C=O) groups excluding carboxylic acids is 3. The van der Waals surface area contributed by atoms with Crippen LogP contribution in [0.3, 0.4) is 0 Å². The number of aliphatic imine (C=N–C) groups is 1. The van der Waals surface area contributed by atoms with Crippen LogP contribution in [0.2, 0.25) is 0 Å². The van der Waals surface area contributed by atoms with E-state index >= 15 is 0 Å². The predicted octanol–water partition coefficient (Wildman–Crippen LogP) is 2.67. The lowest BCUT2D eigenvalue weighted by Crippen LogP contribution is -2.45. The molecule has 1 aromatic heterocycles. The van der Waals surface area contributed by atoms with Crippen LogP contribution in [-0.2, 0) is 19.1 Å². The van der Waals surface area contributed by atoms with Crippen molar-refractivity contribution in [2.75, 3.05) is 45.2 Å². The van der Waals surface area contributed by atoms with Crippen LogP contribution in [0.25, 0.3) is 11.0 Å². The predicted molar refractivity (Wildman–Crippen MR) is 137 cm³/mol. The molecule has 2 saturated heterocycles. The number of hydrogen-bond donors (Lipinski definition) is 2. The van der Waals surface area contributed by atoms with Crippen LogP contribution in [-0.4, -0.2) is 79.4 Å². The molecule has 3 heterocycles. The van der Waals surface area contributed by atoms with Gasteiger partial charge in [0.25, 0.3) is 0 Å². The molecule has 1 aromatic carbocycles. The summed E-state index contributed by atoms with van der Waals surface area (Å²) in [6.07, 6.45) is 4.34. The van der Waals surface area contributed by atoms with Gasteiger partial charge in [0.2, 0.25) is 23.7 Å². The van der Waals surface area contributed by atoms with Crippen LogP contribution in [0.4, 0.5) is 5.69 Å². The van der Waals surface area contributed by atoms with Gasteiger partial charge in [-0.1, -0.05) is 0 Å². The fourth-order valence-corrected chi connectivity index (χ4v) is 4.62. The lowest BCUT2D eigenvalue weighted by molar-refractivity contribution is -0.140. The zero-order valence-corrected chi connectivity index (χ0v) is 21.0. The van der Waals surface area contributed by atoms with Crippen molar-refractivity contribution < 1.29 is 23.5 Å². The molecule has 2 aromatic rings. The molecule has 2 aliphatic heterocycles. The Kier molecular flexibility index (Phi) is 8.58. The highest BCUT2D eigenvalue weighted by molar-refractivity contribution is 6.05. The summed E-state index contributed by atoms with van der Waals surface area (Å²) in [6.45, 7) is 4.27. The molecule has 2 N–H and O–H groups in total. The van der Waals surface area contributed by atoms with Gasteiger partial charge >= 0.3 is 0 Å². The van der Waals surface area contributed by atoms with Crippen molar-refractivity contribution >= 4 is 40.3 Å². The number of ether oxygens (including phenoxy) is 1. The number of methoxy groups -OCH3 is 1. The molecule has 2 aliphatic rings. The quantitative estimate of drug-likeness (QED) is 0.449. The maximum absolute atomic E-state index is 13.4. The fourth-order valence-electron chi connectivity index (χ4n) is 4.62. The summed E-state index contributed by atoms with van der Waals surface area (Å²) < 4.78 is 10.7. The molecule has 194 valence electrons. The largest absolute Gasteiger partial charge is 0.461 e. The van der Waals surface area contributed by atoms with Crippen LogP contribution in [0.1, 0.15) is 44.3 Å². The Labute approximate surface area is 211 Å². The highest BCUT2D eigenvalue weighted by Crippen LogP contribution is 2.23. The van der Waals surface area contributed by atoms with Crippen LogP contribution < -0.4 is 10.6 Å². The second-order valence-corrected chi connectivity index (χ2v) is 9.36. The molecule has 2 fully saturated rings. The maximum atomic E-state index is 13.4. The number of furan rings is 1. The summed E-state index contributed by atoms with van der Waals surface area (Å²) in [5.74, 6) is 0.524. The number of aryl methyl sites for hydroxylation is 1. The Morgan fingerprint density at radius 1 is 1.14 bits per heavy atom. The van der Waals surface area contributed by atoms with E-state index in [2.05, 4.69) is 15.6 Å². The summed E-state index contributed by atoms with van der Waals surface area (Å²) in [5, 5.41) is 6.88. The van der Waals surface area contributed by atoms with Crippen LogP contribution in [0.15, 0.2) is 33.7 Å². The summed E-state index contributed by atoms with van der Waals surface area (Å²) in [4.78, 5) is 46.7. The van der Waals surface area contributed by atoms with E-state index in [0.29, 0.717) is 18.7 Å². The molecule has 0 saturated carbocycles. The van der Waals surface area contributed by atoms with Crippen LogP contribution in [0, 0.1) is 6.92 Å². The molecule has 0 spiro atoms. The normalized spacial score (nSPS) is 19.0. The van der Waals surface area contributed by atoms with Gasteiger partial charge in [-0.05, 0) is 63.3 Å². The average Bonchev–Trinajstić information content (AvgIpc) is 3.48. The van der Waals surface area contributed by atoms with Gasteiger partial charge in [0, 0.05) is 37.8 Å². The average molecular weight is 498 g/mol. The van der Waals surface area contributed by atoms with Crippen molar-refractivity contribution in [2.24, 2.45) is 4.99 Å². The Balaban J connectivity index is 1.53. The topological polar surface area (TPSA) is 116 Å². The monoisotopic (exact) mass is 497 g/mol. The number of likely N-dealkylation sites (tertiary alicyclic amines) is 2. The number of guanidine groups is 1. The summed E-state index contributed by atoms with van der Waals surface area (Å²) in [7, 11) is 1.53. The number of rotatable bonds is 7. The molecular weight excluding hydrogens is 462 g/mol. The summed E-state index contributed by atoms with van der Waals surface area (Å²) in [6, 6.07) is 6.82. The van der Waals surface area contributed by atoms with E-state index in [4.69, 9.17) is 9.15 Å². The Bertz CT molecular complexity index is 1120. The molecule has 0 radical (unpaired) electrons. The molecule has 0 aliphatic carbocycles. The van der Waals surface area contributed by atoms with Crippen LogP contribution >= 0.6 is 0 Å². The molecule has 0 unspecified atom stereocenters. The van der Waals surface area contributed by atoms with Gasteiger partial charge in [-0.3, -0.25) is 19.7 Å². The Morgan fingerprint density at radius 3 is 2.69 bits per heavy atom. The van der Waals surface area contributed by atoms with E-state index in [0.717, 1.165) is 55.5 Å². The number of hydrogen-bond acceptors (Lipinski definition) is 6. The van der Waals surface area contributed by atoms with Crippen molar-refractivity contribution in [1.82, 2.24) is 15.1 Å². The van der Waals surface area contributed by atoms with E-state index < -0.39 is 6.04 Å². The van der Waals surface area contributed by atoms with Gasteiger partial charge in [-0.25, -0.2) is 4.99 Å². The third-order valence-corrected chi connectivity index (χ3v) is 6.52. The van der Waals surface area contributed by atoms with Crippen LogP contribution in [0.5, 0.6) is 0 Å². The number of amides is 3. The molecular formula is C26H35N5O5. The zero-order chi connectivity index (χ0) is 25.5. The minimum absolute atomic E-state index is 0.0135. The number of nitrogens with zero attached hydrogens (tertiary/aromatic N) is 3. The fraction of sp³-hybridized carbons (Fsp3) is 0.538. The number of carbonyl (C=O) groups is 3. The first-order chi connectivity index (χ1) is 17.4. The standard InChI is InChI=1S/C26H35N5O5/c1-18-15-19-16-20(8-9-22(19)36-18)27-26(29-23(32)10-14-35-2)28-21-7-3-4-13-31(25(21)34)17-24(33)30-11-5-6-12-30/h8-9,15-16,21H,3-7,10-14,17H2,1-2H3,(H2,27,28,29,32)/t21-/m0/s1. The van der Waals surface area contributed by atoms with E-state index in [1.54, 1.807) is 4.90 Å². The third-order valence-electron chi connectivity index (χ3n) is 6.52. The van der Waals surface area contributed by atoms with Gasteiger partial charge in [0.15, 0.2) is 0 Å². The van der Waals surface area contributed by atoms with Crippen molar-refractivity contribution in [2.45, 2.75) is 51.5 Å². The lowest BCUT2D eigenvalue weighted by atomic mass is 10.1. The lowest BCUT2D eigenvalue weighted by Gasteiger charge is -2.25. The number of anilines is 1. The van der Waals surface area contributed by atoms with E-state index in [-0.39, 0.29) is 43.3 Å². The van der Waals surface area contributed by atoms with E-state index in [9.17, 15) is 14.4 Å². The molecule has 4 rings (SSSR count). The molecule has 1 atom stereocenters. The second kappa shape index (κ2) is 12.0. The molecule has 10 heteroatoms. The Hall–Kier alpha value is -3.40. The summed E-state index contributed by atoms with van der Waals surface area (Å²) >= 11 is 0. The SMILES string of the molecule is COCCC(=O)NC(=N[C@H]1CCCCN(CC(=O)N2CCCC2)C1=O)Nc1ccc2oc(C)cc2c1. The highest BCUT2D eigenvalue weighted by Gasteiger charge is 2.30. The number of benzene rings is 1. The first-order valence-electron chi connectivity index (χ1n) is 12.6. The zero-order valence-electron chi connectivity index (χ0n) is 21.0.